The van der Waals surface area contributed by atoms with Crippen LogP contribution in [0.1, 0.15) is 40.5 Å². The molecule has 1 amide bonds. The standard InChI is InChI=1S/C23H23N3O3/c1-16-19(15-24-26(16)18-6-3-2-4-7-18)23(27)25-11-5-8-20(25)17-9-10-21-22(14-17)29-13-12-28-21/h2-4,6-7,9-10,14-15,20H,5,8,11-13H2,1H3. The molecule has 3 aromatic rings. The van der Waals surface area contributed by atoms with Gasteiger partial charge in [-0.3, -0.25) is 4.79 Å². The Morgan fingerprint density at radius 2 is 1.86 bits per heavy atom. The van der Waals surface area contributed by atoms with Crippen molar-refractivity contribution in [1.29, 1.82) is 0 Å². The average Bonchev–Trinajstić information content (AvgIpc) is 3.40. The Balaban J connectivity index is 1.43. The van der Waals surface area contributed by atoms with Crippen LogP contribution in [-0.2, 0) is 0 Å². The van der Waals surface area contributed by atoms with Crippen LogP contribution >= 0.6 is 0 Å². The van der Waals surface area contributed by atoms with Crippen molar-refractivity contribution < 1.29 is 14.3 Å². The Morgan fingerprint density at radius 1 is 1.07 bits per heavy atom. The number of hydrogen-bond acceptors (Lipinski definition) is 4. The molecule has 2 aliphatic heterocycles. The first-order chi connectivity index (χ1) is 14.2. The molecule has 2 aromatic carbocycles. The van der Waals surface area contributed by atoms with Crippen LogP contribution in [0.15, 0.2) is 54.7 Å². The zero-order valence-electron chi connectivity index (χ0n) is 16.4. The van der Waals surface area contributed by atoms with Gasteiger partial charge in [-0.05, 0) is 49.6 Å². The van der Waals surface area contributed by atoms with Crippen LogP contribution in [0, 0.1) is 6.92 Å². The fourth-order valence-corrected chi connectivity index (χ4v) is 4.23. The monoisotopic (exact) mass is 389 g/mol. The first kappa shape index (κ1) is 17.8. The molecular formula is C23H23N3O3. The van der Waals surface area contributed by atoms with Crippen molar-refractivity contribution in [3.8, 4) is 17.2 Å². The lowest BCUT2D eigenvalue weighted by Gasteiger charge is -2.26. The van der Waals surface area contributed by atoms with Crippen LogP contribution in [0.2, 0.25) is 0 Å². The number of rotatable bonds is 3. The second-order valence-electron chi connectivity index (χ2n) is 7.45. The van der Waals surface area contributed by atoms with Gasteiger partial charge in [0.25, 0.3) is 5.91 Å². The minimum absolute atomic E-state index is 0.0297. The summed E-state index contributed by atoms with van der Waals surface area (Å²) in [5, 5.41) is 4.47. The second kappa shape index (κ2) is 7.28. The number of ether oxygens (including phenoxy) is 2. The first-order valence-electron chi connectivity index (χ1n) is 10.0. The molecule has 1 aromatic heterocycles. The molecule has 6 heteroatoms. The van der Waals surface area contributed by atoms with Crippen molar-refractivity contribution in [1.82, 2.24) is 14.7 Å². The highest BCUT2D eigenvalue weighted by Gasteiger charge is 2.33. The summed E-state index contributed by atoms with van der Waals surface area (Å²) in [4.78, 5) is 15.4. The van der Waals surface area contributed by atoms with Crippen molar-refractivity contribution in [2.45, 2.75) is 25.8 Å². The smallest absolute Gasteiger partial charge is 0.257 e. The molecule has 0 bridgehead atoms. The van der Waals surface area contributed by atoms with Gasteiger partial charge in [0, 0.05) is 6.54 Å². The Hall–Kier alpha value is -3.28. The predicted molar refractivity (Wildman–Crippen MR) is 109 cm³/mol. The highest BCUT2D eigenvalue weighted by atomic mass is 16.6. The molecule has 0 radical (unpaired) electrons. The Labute approximate surface area is 169 Å². The van der Waals surface area contributed by atoms with Crippen molar-refractivity contribution in [3.63, 3.8) is 0 Å². The molecule has 2 aliphatic rings. The summed E-state index contributed by atoms with van der Waals surface area (Å²) in [7, 11) is 0. The number of amides is 1. The van der Waals surface area contributed by atoms with E-state index in [1.54, 1.807) is 6.20 Å². The zero-order valence-corrected chi connectivity index (χ0v) is 16.4. The minimum Gasteiger partial charge on any atom is -0.486 e. The van der Waals surface area contributed by atoms with Crippen LogP contribution in [0.25, 0.3) is 5.69 Å². The molecule has 0 N–H and O–H groups in total. The molecule has 0 saturated carbocycles. The average molecular weight is 389 g/mol. The fourth-order valence-electron chi connectivity index (χ4n) is 4.23. The quantitative estimate of drug-likeness (QED) is 0.681. The lowest BCUT2D eigenvalue weighted by atomic mass is 10.0. The predicted octanol–water partition coefficient (Wildman–Crippen LogP) is 3.93. The van der Waals surface area contributed by atoms with Gasteiger partial charge in [-0.1, -0.05) is 24.3 Å². The first-order valence-corrected chi connectivity index (χ1v) is 10.0. The number of likely N-dealkylation sites (tertiary alicyclic amines) is 1. The number of fused-ring (bicyclic) bond motifs is 1. The van der Waals surface area contributed by atoms with Gasteiger partial charge in [0.2, 0.25) is 0 Å². The summed E-state index contributed by atoms with van der Waals surface area (Å²) in [6, 6.07) is 15.9. The van der Waals surface area contributed by atoms with E-state index in [1.807, 2.05) is 65.0 Å². The largest absolute Gasteiger partial charge is 0.486 e. The third-order valence-corrected chi connectivity index (χ3v) is 5.71. The second-order valence-corrected chi connectivity index (χ2v) is 7.45. The molecular weight excluding hydrogens is 366 g/mol. The maximum atomic E-state index is 13.4. The van der Waals surface area contributed by atoms with Crippen LogP contribution in [0.4, 0.5) is 0 Å². The highest BCUT2D eigenvalue weighted by molar-refractivity contribution is 5.95. The van der Waals surface area contributed by atoms with Gasteiger partial charge in [-0.2, -0.15) is 5.10 Å². The Morgan fingerprint density at radius 3 is 2.69 bits per heavy atom. The third kappa shape index (κ3) is 3.14. The van der Waals surface area contributed by atoms with Gasteiger partial charge in [-0.15, -0.1) is 0 Å². The van der Waals surface area contributed by atoms with Crippen molar-refractivity contribution in [2.24, 2.45) is 0 Å². The van der Waals surface area contributed by atoms with Gasteiger partial charge in [0.05, 0.1) is 29.2 Å². The summed E-state index contributed by atoms with van der Waals surface area (Å²) in [6.45, 7) is 3.82. The molecule has 29 heavy (non-hydrogen) atoms. The summed E-state index contributed by atoms with van der Waals surface area (Å²) in [5.41, 5.74) is 3.55. The van der Waals surface area contributed by atoms with Gasteiger partial charge < -0.3 is 14.4 Å². The topological polar surface area (TPSA) is 56.6 Å². The molecule has 1 fully saturated rings. The Kier molecular flexibility index (Phi) is 4.46. The van der Waals surface area contributed by atoms with E-state index in [1.165, 1.54) is 0 Å². The molecule has 3 heterocycles. The molecule has 1 atom stereocenters. The van der Waals surface area contributed by atoms with E-state index >= 15 is 0 Å². The Bertz CT molecular complexity index is 1040. The van der Waals surface area contributed by atoms with E-state index < -0.39 is 0 Å². The van der Waals surface area contributed by atoms with Crippen LogP contribution in [-0.4, -0.2) is 40.3 Å². The number of para-hydroxylation sites is 1. The van der Waals surface area contributed by atoms with Crippen molar-refractivity contribution in [3.05, 3.63) is 71.5 Å². The number of nitrogens with zero attached hydrogens (tertiary/aromatic N) is 3. The summed E-state index contributed by atoms with van der Waals surface area (Å²) in [5.74, 6) is 1.57. The lowest BCUT2D eigenvalue weighted by Crippen LogP contribution is -2.31. The normalized spacial score (nSPS) is 18.1. The molecule has 0 aliphatic carbocycles. The van der Waals surface area contributed by atoms with E-state index in [0.717, 1.165) is 47.8 Å². The molecule has 1 unspecified atom stereocenters. The van der Waals surface area contributed by atoms with Crippen LogP contribution < -0.4 is 9.47 Å². The number of benzene rings is 2. The highest BCUT2D eigenvalue weighted by Crippen LogP contribution is 2.38. The molecule has 6 nitrogen and oxygen atoms in total. The van der Waals surface area contributed by atoms with E-state index in [4.69, 9.17) is 9.47 Å². The summed E-state index contributed by atoms with van der Waals surface area (Å²) >= 11 is 0. The lowest BCUT2D eigenvalue weighted by molar-refractivity contribution is 0.0734. The van der Waals surface area contributed by atoms with Gasteiger partial charge in [-0.25, -0.2) is 4.68 Å². The van der Waals surface area contributed by atoms with E-state index in [0.29, 0.717) is 18.8 Å². The number of carbonyl (C=O) groups excluding carboxylic acids is 1. The molecule has 0 spiro atoms. The molecule has 148 valence electrons. The zero-order chi connectivity index (χ0) is 19.8. The molecule has 1 saturated heterocycles. The summed E-state index contributed by atoms with van der Waals surface area (Å²) in [6.07, 6.45) is 3.61. The van der Waals surface area contributed by atoms with Crippen LogP contribution in [0.3, 0.4) is 0 Å². The number of aromatic nitrogens is 2. The SMILES string of the molecule is Cc1c(C(=O)N2CCCC2c2ccc3c(c2)OCCO3)cnn1-c1ccccc1. The van der Waals surface area contributed by atoms with Crippen molar-refractivity contribution in [2.75, 3.05) is 19.8 Å². The van der Waals surface area contributed by atoms with Gasteiger partial charge in [0.15, 0.2) is 11.5 Å². The van der Waals surface area contributed by atoms with E-state index in [-0.39, 0.29) is 11.9 Å². The van der Waals surface area contributed by atoms with Crippen molar-refractivity contribution >= 4 is 5.91 Å². The van der Waals surface area contributed by atoms with Gasteiger partial charge in [0.1, 0.15) is 13.2 Å². The van der Waals surface area contributed by atoms with E-state index in [2.05, 4.69) is 5.10 Å². The van der Waals surface area contributed by atoms with E-state index in [9.17, 15) is 4.79 Å². The van der Waals surface area contributed by atoms with Crippen LogP contribution in [0.5, 0.6) is 11.5 Å². The fraction of sp³-hybridized carbons (Fsp3) is 0.304. The minimum atomic E-state index is 0.0297. The number of hydrogen-bond donors (Lipinski definition) is 0. The number of carbonyl (C=O) groups is 1. The molecule has 5 rings (SSSR count). The third-order valence-electron chi connectivity index (χ3n) is 5.71. The summed E-state index contributed by atoms with van der Waals surface area (Å²) < 4.78 is 13.2. The van der Waals surface area contributed by atoms with Gasteiger partial charge >= 0.3 is 0 Å². The maximum Gasteiger partial charge on any atom is 0.257 e. The maximum absolute atomic E-state index is 13.4.